The van der Waals surface area contributed by atoms with Crippen molar-refractivity contribution in [3.05, 3.63) is 23.3 Å². The van der Waals surface area contributed by atoms with Crippen molar-refractivity contribution in [1.82, 2.24) is 0 Å². The molecule has 2 saturated carbocycles. The Balaban J connectivity index is 1.71. The van der Waals surface area contributed by atoms with Gasteiger partial charge in [0, 0.05) is 17.4 Å². The number of Topliss-reactive ketones (excluding diaryl/α,β-unsaturated/α-hetero) is 1. The van der Waals surface area contributed by atoms with Crippen molar-refractivity contribution >= 4 is 5.78 Å². The van der Waals surface area contributed by atoms with E-state index in [0.29, 0.717) is 24.2 Å². The number of carbonyl (C=O) groups is 1. The van der Waals surface area contributed by atoms with E-state index in [0.717, 1.165) is 56.1 Å². The molecular weight excluding hydrogens is 408 g/mol. The molecule has 0 aromatic rings. The van der Waals surface area contributed by atoms with E-state index >= 15 is 0 Å². The second-order valence-corrected chi connectivity index (χ2v) is 13.3. The fourth-order valence-electron chi connectivity index (χ4n) is 8.94. The lowest BCUT2D eigenvalue weighted by Crippen LogP contribution is -2.57. The number of hydrogen-bond donors (Lipinski definition) is 2. The second-order valence-electron chi connectivity index (χ2n) is 13.3. The van der Waals surface area contributed by atoms with Crippen LogP contribution in [-0.4, -0.2) is 28.2 Å². The lowest BCUT2D eigenvalue weighted by atomic mass is 9.44. The smallest absolute Gasteiger partial charge is 0.159 e. The highest BCUT2D eigenvalue weighted by Crippen LogP contribution is 2.71. The van der Waals surface area contributed by atoms with Crippen LogP contribution in [0.15, 0.2) is 23.3 Å². The number of aliphatic hydroxyl groups excluding tert-OH is 2. The highest BCUT2D eigenvalue weighted by atomic mass is 16.3. The van der Waals surface area contributed by atoms with Crippen LogP contribution in [0.2, 0.25) is 0 Å². The van der Waals surface area contributed by atoms with Gasteiger partial charge in [-0.3, -0.25) is 4.79 Å². The third kappa shape index (κ3) is 3.54. The van der Waals surface area contributed by atoms with Crippen molar-refractivity contribution in [2.75, 3.05) is 0 Å². The molecule has 0 bridgehead atoms. The molecule has 0 aromatic carbocycles. The van der Waals surface area contributed by atoms with Gasteiger partial charge in [0.25, 0.3) is 0 Å². The monoisotopic (exact) mass is 456 g/mol. The first-order chi connectivity index (χ1) is 15.3. The second kappa shape index (κ2) is 8.33. The Kier molecular flexibility index (Phi) is 6.35. The Morgan fingerprint density at radius 1 is 1.12 bits per heavy atom. The first-order valence-corrected chi connectivity index (χ1v) is 13.6. The molecule has 0 spiro atoms. The van der Waals surface area contributed by atoms with Crippen LogP contribution in [0.25, 0.3) is 0 Å². The number of ketones is 1. The molecule has 0 aromatic heterocycles. The van der Waals surface area contributed by atoms with Gasteiger partial charge in [0.05, 0.1) is 12.2 Å². The number of rotatable bonds is 5. The Labute approximate surface area is 202 Å². The normalized spacial score (nSPS) is 46.1. The van der Waals surface area contributed by atoms with E-state index in [2.05, 4.69) is 55.0 Å². The quantitative estimate of drug-likeness (QED) is 0.465. The van der Waals surface area contributed by atoms with Crippen LogP contribution in [0.5, 0.6) is 0 Å². The van der Waals surface area contributed by atoms with Gasteiger partial charge in [0.1, 0.15) is 0 Å². The zero-order chi connectivity index (χ0) is 24.5. The summed E-state index contributed by atoms with van der Waals surface area (Å²) in [5.41, 5.74) is 2.97. The van der Waals surface area contributed by atoms with Crippen LogP contribution < -0.4 is 0 Å². The fourth-order valence-corrected chi connectivity index (χ4v) is 8.94. The molecule has 4 aliphatic rings. The first kappa shape index (κ1) is 25.2. The van der Waals surface area contributed by atoms with Crippen molar-refractivity contribution in [2.24, 2.45) is 45.8 Å². The number of fused-ring (bicyclic) bond motifs is 4. The van der Waals surface area contributed by atoms with Crippen molar-refractivity contribution in [3.63, 3.8) is 0 Å². The maximum atomic E-state index is 13.8. The first-order valence-electron chi connectivity index (χ1n) is 13.6. The highest BCUT2D eigenvalue weighted by Gasteiger charge is 2.66. The average Bonchev–Trinajstić information content (AvgIpc) is 3.01. The number of aliphatic hydroxyl groups is 2. The SMILES string of the molecule is C=C(CC[C@@H](C)[C@H]1CC[C@@]2(C)C3=C([C@H](O)C[C@]12C)[C@@]1(C)CC[C@H](O)[C@@H](C)[C@@H]1CC3=O)C(C)C. The molecular formula is C30H48O3. The molecule has 0 aliphatic heterocycles. The van der Waals surface area contributed by atoms with Crippen molar-refractivity contribution in [1.29, 1.82) is 0 Å². The van der Waals surface area contributed by atoms with Crippen molar-refractivity contribution < 1.29 is 15.0 Å². The number of hydrogen-bond acceptors (Lipinski definition) is 3. The largest absolute Gasteiger partial charge is 0.393 e. The fraction of sp³-hybridized carbons (Fsp3) is 0.833. The van der Waals surface area contributed by atoms with Gasteiger partial charge < -0.3 is 10.2 Å². The van der Waals surface area contributed by atoms with Gasteiger partial charge in [-0.25, -0.2) is 0 Å². The van der Waals surface area contributed by atoms with Crippen LogP contribution in [0.1, 0.15) is 99.8 Å². The topological polar surface area (TPSA) is 57.5 Å². The average molecular weight is 457 g/mol. The molecule has 4 rings (SSSR count). The van der Waals surface area contributed by atoms with E-state index in [1.54, 1.807) is 0 Å². The lowest BCUT2D eigenvalue weighted by molar-refractivity contribution is -0.129. The molecule has 3 nitrogen and oxygen atoms in total. The van der Waals surface area contributed by atoms with E-state index in [1.807, 2.05) is 0 Å². The van der Waals surface area contributed by atoms with Gasteiger partial charge in [0.15, 0.2) is 5.78 Å². The zero-order valence-corrected chi connectivity index (χ0v) is 22.2. The molecule has 186 valence electrons. The van der Waals surface area contributed by atoms with Crippen molar-refractivity contribution in [3.8, 4) is 0 Å². The third-order valence-electron chi connectivity index (χ3n) is 11.5. The van der Waals surface area contributed by atoms with Crippen LogP contribution in [0, 0.1) is 45.8 Å². The van der Waals surface area contributed by atoms with E-state index < -0.39 is 6.10 Å². The van der Waals surface area contributed by atoms with Crippen LogP contribution in [-0.2, 0) is 4.79 Å². The van der Waals surface area contributed by atoms with Gasteiger partial charge in [-0.2, -0.15) is 0 Å². The molecule has 2 N–H and O–H groups in total. The maximum Gasteiger partial charge on any atom is 0.159 e. The van der Waals surface area contributed by atoms with Crippen molar-refractivity contribution in [2.45, 2.75) is 112 Å². The van der Waals surface area contributed by atoms with E-state index in [1.165, 1.54) is 5.57 Å². The molecule has 0 amide bonds. The minimum atomic E-state index is -0.546. The Morgan fingerprint density at radius 3 is 2.42 bits per heavy atom. The molecule has 9 atom stereocenters. The number of allylic oxidation sites excluding steroid dienone is 2. The predicted molar refractivity (Wildman–Crippen MR) is 135 cm³/mol. The summed E-state index contributed by atoms with van der Waals surface area (Å²) in [6.45, 7) is 20.2. The van der Waals surface area contributed by atoms with Gasteiger partial charge in [-0.15, -0.1) is 0 Å². The minimum absolute atomic E-state index is 0.0670. The van der Waals surface area contributed by atoms with E-state index in [-0.39, 0.29) is 40.0 Å². The highest BCUT2D eigenvalue weighted by molar-refractivity contribution is 5.99. The molecule has 0 heterocycles. The maximum absolute atomic E-state index is 13.8. The summed E-state index contributed by atoms with van der Waals surface area (Å²) in [6, 6.07) is 0. The summed E-state index contributed by atoms with van der Waals surface area (Å²) in [4.78, 5) is 13.8. The van der Waals surface area contributed by atoms with E-state index in [9.17, 15) is 15.0 Å². The van der Waals surface area contributed by atoms with Crippen LogP contribution in [0.3, 0.4) is 0 Å². The Hall–Kier alpha value is -0.930. The molecule has 0 unspecified atom stereocenters. The number of carbonyl (C=O) groups excluding carboxylic acids is 1. The summed E-state index contributed by atoms with van der Waals surface area (Å²) in [5, 5.41) is 22.3. The summed E-state index contributed by atoms with van der Waals surface area (Å²) < 4.78 is 0. The molecule has 0 saturated heterocycles. The summed E-state index contributed by atoms with van der Waals surface area (Å²) in [7, 11) is 0. The van der Waals surface area contributed by atoms with Crippen LogP contribution in [0.4, 0.5) is 0 Å². The molecule has 3 heteroatoms. The molecule has 33 heavy (non-hydrogen) atoms. The summed E-state index contributed by atoms with van der Waals surface area (Å²) >= 11 is 0. The molecule has 2 fully saturated rings. The van der Waals surface area contributed by atoms with Gasteiger partial charge in [0.2, 0.25) is 0 Å². The molecule has 4 aliphatic carbocycles. The molecule has 0 radical (unpaired) electrons. The van der Waals surface area contributed by atoms with E-state index in [4.69, 9.17) is 0 Å². The summed E-state index contributed by atoms with van der Waals surface area (Å²) in [6.07, 6.45) is 6.42. The predicted octanol–water partition coefficient (Wildman–Crippen LogP) is 6.48. The summed E-state index contributed by atoms with van der Waals surface area (Å²) in [5.74, 6) is 2.07. The minimum Gasteiger partial charge on any atom is -0.393 e. The zero-order valence-electron chi connectivity index (χ0n) is 22.2. The Morgan fingerprint density at radius 2 is 1.79 bits per heavy atom. The van der Waals surface area contributed by atoms with Gasteiger partial charge >= 0.3 is 0 Å². The lowest BCUT2D eigenvalue weighted by Gasteiger charge is -2.60. The van der Waals surface area contributed by atoms with Crippen LogP contribution >= 0.6 is 0 Å². The third-order valence-corrected chi connectivity index (χ3v) is 11.5. The van der Waals surface area contributed by atoms with Gasteiger partial charge in [-0.05, 0) is 90.9 Å². The van der Waals surface area contributed by atoms with Gasteiger partial charge in [-0.1, -0.05) is 60.6 Å². The standard InChI is InChI=1S/C30H48O3/c1-17(2)18(3)9-10-19(4)21-11-14-29(7)27-24(32)15-22-20(5)23(31)12-13-28(22,6)26(27)25(33)16-30(21,29)8/h17,19-23,25,31,33H,3,9-16H2,1-2,4-8H3/t19-,20+,21-,22+,23+,25-,28+,29+,30-/m1/s1. The Bertz CT molecular complexity index is 855.